The number of methoxy groups -OCH3 is 1. The summed E-state index contributed by atoms with van der Waals surface area (Å²) in [5.41, 5.74) is 2.22. The second kappa shape index (κ2) is 7.67. The first-order chi connectivity index (χ1) is 13.8. The summed E-state index contributed by atoms with van der Waals surface area (Å²) in [7, 11) is 1.07. The van der Waals surface area contributed by atoms with Crippen molar-refractivity contribution in [2.75, 3.05) is 7.11 Å². The van der Waals surface area contributed by atoms with Crippen LogP contribution in [0.25, 0.3) is 0 Å². The molecule has 166 valence electrons. The van der Waals surface area contributed by atoms with E-state index in [0.29, 0.717) is 5.92 Å². The van der Waals surface area contributed by atoms with Gasteiger partial charge >= 0.3 is 13.1 Å². The van der Waals surface area contributed by atoms with Crippen molar-refractivity contribution in [2.45, 2.75) is 104 Å². The highest BCUT2D eigenvalue weighted by atomic mass is 16.7. The van der Waals surface area contributed by atoms with Gasteiger partial charge in [-0.25, -0.2) is 0 Å². The normalized spacial score (nSPS) is 22.6. The molecule has 1 aromatic carbocycles. The Morgan fingerprint density at radius 1 is 1.13 bits per heavy atom. The molecule has 5 heteroatoms. The molecule has 3 rings (SSSR count). The molecule has 0 amide bonds. The van der Waals surface area contributed by atoms with Crippen LogP contribution >= 0.6 is 0 Å². The highest BCUT2D eigenvalue weighted by molar-refractivity contribution is 6.62. The Morgan fingerprint density at radius 3 is 2.13 bits per heavy atom. The van der Waals surface area contributed by atoms with E-state index in [9.17, 15) is 4.79 Å². The third kappa shape index (κ3) is 3.96. The number of benzene rings is 1. The molecule has 0 aromatic heterocycles. The van der Waals surface area contributed by atoms with E-state index in [1.807, 2.05) is 0 Å². The predicted molar refractivity (Wildman–Crippen MR) is 122 cm³/mol. The monoisotopic (exact) mass is 414 g/mol. The number of carbonyl (C=O) groups is 1. The van der Waals surface area contributed by atoms with Crippen molar-refractivity contribution in [2.24, 2.45) is 5.41 Å². The van der Waals surface area contributed by atoms with E-state index in [0.717, 1.165) is 36.7 Å². The maximum Gasteiger partial charge on any atom is 0.495 e. The largest absolute Gasteiger partial charge is 0.495 e. The van der Waals surface area contributed by atoms with Crippen molar-refractivity contribution in [3.05, 3.63) is 29.3 Å². The van der Waals surface area contributed by atoms with Crippen LogP contribution in [0.5, 0.6) is 0 Å². The maximum atomic E-state index is 12.5. The summed E-state index contributed by atoms with van der Waals surface area (Å²) >= 11 is 0. The number of ether oxygens (including phenoxy) is 1. The van der Waals surface area contributed by atoms with Crippen LogP contribution in [0.3, 0.4) is 0 Å². The molecule has 0 bridgehead atoms. The third-order valence-electron chi connectivity index (χ3n) is 7.47. The molecular formula is C25H39BO4. The van der Waals surface area contributed by atoms with Crippen molar-refractivity contribution in [3.63, 3.8) is 0 Å². The van der Waals surface area contributed by atoms with Gasteiger partial charge in [0.25, 0.3) is 0 Å². The van der Waals surface area contributed by atoms with Crippen LogP contribution in [0.4, 0.5) is 0 Å². The Balaban J connectivity index is 2.12. The third-order valence-corrected chi connectivity index (χ3v) is 7.47. The number of rotatable bonds is 6. The van der Waals surface area contributed by atoms with Gasteiger partial charge in [0.2, 0.25) is 0 Å². The van der Waals surface area contributed by atoms with Crippen LogP contribution in [-0.4, -0.2) is 31.4 Å². The first-order valence-electron chi connectivity index (χ1n) is 11.4. The van der Waals surface area contributed by atoms with Gasteiger partial charge in [0, 0.05) is 0 Å². The van der Waals surface area contributed by atoms with Crippen LogP contribution in [-0.2, 0) is 24.3 Å². The fraction of sp³-hybridized carbons (Fsp3) is 0.720. The maximum absolute atomic E-state index is 12.5. The molecule has 1 unspecified atom stereocenters. The van der Waals surface area contributed by atoms with Crippen molar-refractivity contribution in [1.82, 2.24) is 0 Å². The van der Waals surface area contributed by atoms with Gasteiger partial charge in [-0.15, -0.1) is 0 Å². The molecule has 0 N–H and O–H groups in total. The Kier molecular flexibility index (Phi) is 5.97. The number of carbonyl (C=O) groups excluding carboxylic acids is 1. The second-order valence-electron chi connectivity index (χ2n) is 11.2. The highest BCUT2D eigenvalue weighted by Crippen LogP contribution is 2.50. The minimum Gasteiger partial charge on any atom is -0.468 e. The van der Waals surface area contributed by atoms with Crippen LogP contribution in [0.15, 0.2) is 18.2 Å². The number of hydrogen-bond acceptors (Lipinski definition) is 4. The average Bonchev–Trinajstić information content (AvgIpc) is 3.41. The van der Waals surface area contributed by atoms with E-state index in [-0.39, 0.29) is 22.6 Å². The molecule has 1 aliphatic heterocycles. The van der Waals surface area contributed by atoms with Gasteiger partial charge in [-0.1, -0.05) is 52.3 Å². The van der Waals surface area contributed by atoms with E-state index in [2.05, 4.69) is 73.6 Å². The van der Waals surface area contributed by atoms with E-state index in [1.165, 1.54) is 12.7 Å². The summed E-state index contributed by atoms with van der Waals surface area (Å²) in [6, 6.07) is 6.46. The fourth-order valence-corrected chi connectivity index (χ4v) is 4.63. The average molecular weight is 414 g/mol. The second-order valence-corrected chi connectivity index (χ2v) is 11.2. The molecular weight excluding hydrogens is 375 g/mol. The fourth-order valence-electron chi connectivity index (χ4n) is 4.63. The van der Waals surface area contributed by atoms with Crippen LogP contribution < -0.4 is 5.46 Å². The molecule has 1 heterocycles. The Labute approximate surface area is 183 Å². The smallest absolute Gasteiger partial charge is 0.468 e. The van der Waals surface area contributed by atoms with Crippen molar-refractivity contribution in [3.8, 4) is 0 Å². The molecule has 1 aromatic rings. The Bertz CT molecular complexity index is 786. The van der Waals surface area contributed by atoms with Gasteiger partial charge in [-0.05, 0) is 74.9 Å². The summed E-state index contributed by atoms with van der Waals surface area (Å²) < 4.78 is 18.0. The summed E-state index contributed by atoms with van der Waals surface area (Å²) in [4.78, 5) is 12.5. The Morgan fingerprint density at radius 2 is 1.70 bits per heavy atom. The lowest BCUT2D eigenvalue weighted by Gasteiger charge is -2.34. The molecule has 2 aliphatic rings. The molecule has 1 aliphatic carbocycles. The van der Waals surface area contributed by atoms with Gasteiger partial charge in [0.05, 0.1) is 23.7 Å². The van der Waals surface area contributed by atoms with Gasteiger partial charge in [-0.2, -0.15) is 0 Å². The quantitative estimate of drug-likeness (QED) is 0.479. The SMILES string of the molecule is CCCC(c1cc(C2(C(=O)OC)CC2)ccc1B1OC(C)(C)C(C)(C)O1)C(C)(C)C. The molecule has 1 saturated carbocycles. The molecule has 30 heavy (non-hydrogen) atoms. The van der Waals surface area contributed by atoms with E-state index >= 15 is 0 Å². The minimum absolute atomic E-state index is 0.0784. The number of esters is 1. The highest BCUT2D eigenvalue weighted by Gasteiger charge is 2.55. The van der Waals surface area contributed by atoms with E-state index in [4.69, 9.17) is 14.0 Å². The first-order valence-corrected chi connectivity index (χ1v) is 11.4. The van der Waals surface area contributed by atoms with Crippen LogP contribution in [0.2, 0.25) is 0 Å². The van der Waals surface area contributed by atoms with Crippen LogP contribution in [0, 0.1) is 5.41 Å². The summed E-state index contributed by atoms with van der Waals surface area (Å²) in [6.07, 6.45) is 3.87. The van der Waals surface area contributed by atoms with Crippen molar-refractivity contribution in [1.29, 1.82) is 0 Å². The lowest BCUT2D eigenvalue weighted by Crippen LogP contribution is -2.41. The van der Waals surface area contributed by atoms with Crippen molar-refractivity contribution >= 4 is 18.6 Å². The number of hydrogen-bond donors (Lipinski definition) is 0. The van der Waals surface area contributed by atoms with E-state index < -0.39 is 12.5 Å². The first kappa shape index (κ1) is 23.3. The molecule has 1 atom stereocenters. The standard InChI is InChI=1S/C25H39BO4/c1-10-11-19(22(2,3)4)18-16-17(25(14-15-25)21(27)28-9)12-13-20(18)26-29-23(5,6)24(7,8)30-26/h12-13,16,19H,10-11,14-15H2,1-9H3. The molecule has 1 saturated heterocycles. The van der Waals surface area contributed by atoms with Gasteiger partial charge in [-0.3, -0.25) is 4.79 Å². The van der Waals surface area contributed by atoms with Gasteiger partial charge in [0.15, 0.2) is 0 Å². The minimum atomic E-state index is -0.480. The van der Waals surface area contributed by atoms with Gasteiger partial charge < -0.3 is 14.0 Å². The molecule has 0 radical (unpaired) electrons. The lowest BCUT2D eigenvalue weighted by molar-refractivity contribution is -0.143. The zero-order valence-corrected chi connectivity index (χ0v) is 20.3. The molecule has 0 spiro atoms. The molecule has 4 nitrogen and oxygen atoms in total. The summed E-state index contributed by atoms with van der Waals surface area (Å²) in [5.74, 6) is 0.213. The Hall–Kier alpha value is -1.33. The predicted octanol–water partition coefficient (Wildman–Crippen LogP) is 5.12. The zero-order chi connectivity index (χ0) is 22.5. The molecule has 2 fully saturated rings. The summed E-state index contributed by atoms with van der Waals surface area (Å²) in [6.45, 7) is 17.5. The van der Waals surface area contributed by atoms with E-state index in [1.54, 1.807) is 0 Å². The van der Waals surface area contributed by atoms with Gasteiger partial charge in [0.1, 0.15) is 0 Å². The van der Waals surface area contributed by atoms with Crippen LogP contribution in [0.1, 0.15) is 98.1 Å². The van der Waals surface area contributed by atoms with Crippen molar-refractivity contribution < 1.29 is 18.8 Å². The topological polar surface area (TPSA) is 44.8 Å². The lowest BCUT2D eigenvalue weighted by atomic mass is 9.65. The zero-order valence-electron chi connectivity index (χ0n) is 20.3. The summed E-state index contributed by atoms with van der Waals surface area (Å²) in [5, 5.41) is 0.